The lowest BCUT2D eigenvalue weighted by Gasteiger charge is -1.89. The molecule has 0 radical (unpaired) electrons. The number of nitrogens with zero attached hydrogens (tertiary/aromatic N) is 1. The van der Waals surface area contributed by atoms with Crippen molar-refractivity contribution in [2.24, 2.45) is 0 Å². The molecule has 0 aliphatic rings. The Hall–Kier alpha value is -1.95. The number of aliphatic hydroxyl groups is 1. The molecule has 6 nitrogen and oxygen atoms in total. The van der Waals surface area contributed by atoms with Crippen molar-refractivity contribution in [1.29, 1.82) is 0 Å². The number of aromatic nitrogens is 1. The summed E-state index contributed by atoms with van der Waals surface area (Å²) in [6.45, 7) is 1.20. The Bertz CT molecular complexity index is 323. The minimum Gasteiger partial charge on any atom is -0.479 e. The Balaban J connectivity index is 0.000000288. The highest BCUT2D eigenvalue weighted by molar-refractivity contribution is 5.86. The standard InChI is InChI=1S/C6H5NO2.C3H6O3/c8-6(9)5-2-1-3-7-4-5;1-2(4)3(5)6/h1-4H,(H,8,9);2,4H,1H3,(H,5,6). The summed E-state index contributed by atoms with van der Waals surface area (Å²) >= 11 is 0. The lowest BCUT2D eigenvalue weighted by molar-refractivity contribution is -0.145. The van der Waals surface area contributed by atoms with Crippen LogP contribution >= 0.6 is 0 Å². The molecule has 82 valence electrons. The Morgan fingerprint density at radius 1 is 1.40 bits per heavy atom. The highest BCUT2D eigenvalue weighted by Gasteiger charge is 2.01. The summed E-state index contributed by atoms with van der Waals surface area (Å²) < 4.78 is 0. The van der Waals surface area contributed by atoms with Crippen LogP contribution < -0.4 is 0 Å². The summed E-state index contributed by atoms with van der Waals surface area (Å²) in [5, 5.41) is 24.1. The van der Waals surface area contributed by atoms with Crippen LogP contribution in [0.3, 0.4) is 0 Å². The smallest absolute Gasteiger partial charge is 0.337 e. The first-order valence-electron chi connectivity index (χ1n) is 3.99. The van der Waals surface area contributed by atoms with Crippen molar-refractivity contribution in [3.8, 4) is 0 Å². The van der Waals surface area contributed by atoms with Gasteiger partial charge in [0.2, 0.25) is 0 Å². The van der Waals surface area contributed by atoms with Crippen molar-refractivity contribution in [2.75, 3.05) is 0 Å². The van der Waals surface area contributed by atoms with Gasteiger partial charge >= 0.3 is 11.9 Å². The van der Waals surface area contributed by atoms with Gasteiger partial charge in [0.1, 0.15) is 6.10 Å². The number of carboxylic acids is 2. The highest BCUT2D eigenvalue weighted by atomic mass is 16.4. The molecule has 1 aromatic rings. The number of pyridine rings is 1. The van der Waals surface area contributed by atoms with Gasteiger partial charge < -0.3 is 15.3 Å². The lowest BCUT2D eigenvalue weighted by atomic mass is 10.3. The number of aliphatic hydroxyl groups excluding tert-OH is 1. The predicted molar refractivity (Wildman–Crippen MR) is 50.5 cm³/mol. The highest BCUT2D eigenvalue weighted by Crippen LogP contribution is 1.92. The molecule has 6 heteroatoms. The van der Waals surface area contributed by atoms with Gasteiger partial charge in [-0.2, -0.15) is 0 Å². The molecule has 0 saturated heterocycles. The van der Waals surface area contributed by atoms with Crippen molar-refractivity contribution >= 4 is 11.9 Å². The Morgan fingerprint density at radius 3 is 2.13 bits per heavy atom. The number of hydrogen-bond donors (Lipinski definition) is 3. The third-order valence-electron chi connectivity index (χ3n) is 1.27. The van der Waals surface area contributed by atoms with Gasteiger partial charge in [-0.05, 0) is 19.1 Å². The van der Waals surface area contributed by atoms with Gasteiger partial charge in [0.15, 0.2) is 0 Å². The number of rotatable bonds is 2. The molecule has 0 saturated carbocycles. The van der Waals surface area contributed by atoms with E-state index in [2.05, 4.69) is 4.98 Å². The van der Waals surface area contributed by atoms with Crippen molar-refractivity contribution in [3.05, 3.63) is 30.1 Å². The molecule has 0 fully saturated rings. The second kappa shape index (κ2) is 6.50. The third-order valence-corrected chi connectivity index (χ3v) is 1.27. The van der Waals surface area contributed by atoms with Gasteiger partial charge in [0, 0.05) is 12.4 Å². The van der Waals surface area contributed by atoms with E-state index in [1.165, 1.54) is 25.4 Å². The van der Waals surface area contributed by atoms with E-state index < -0.39 is 18.0 Å². The fourth-order valence-corrected chi connectivity index (χ4v) is 0.489. The topological polar surface area (TPSA) is 108 Å². The molecule has 1 atom stereocenters. The quantitative estimate of drug-likeness (QED) is 0.649. The van der Waals surface area contributed by atoms with Crippen LogP contribution in [-0.2, 0) is 4.79 Å². The largest absolute Gasteiger partial charge is 0.479 e. The van der Waals surface area contributed by atoms with Gasteiger partial charge in [0.25, 0.3) is 0 Å². The molecule has 1 unspecified atom stereocenters. The molecule has 1 aromatic heterocycles. The molecule has 3 N–H and O–H groups in total. The number of aliphatic carboxylic acids is 1. The summed E-state index contributed by atoms with van der Waals surface area (Å²) in [5.41, 5.74) is 0.220. The molecular weight excluding hydrogens is 202 g/mol. The lowest BCUT2D eigenvalue weighted by Crippen LogP contribution is -2.13. The average molecular weight is 213 g/mol. The SMILES string of the molecule is CC(O)C(=O)O.O=C(O)c1cccnc1. The van der Waals surface area contributed by atoms with Crippen molar-refractivity contribution in [2.45, 2.75) is 13.0 Å². The van der Waals surface area contributed by atoms with Crippen LogP contribution in [-0.4, -0.2) is 38.3 Å². The van der Waals surface area contributed by atoms with Crippen molar-refractivity contribution in [3.63, 3.8) is 0 Å². The van der Waals surface area contributed by atoms with Crippen LogP contribution in [0.15, 0.2) is 24.5 Å². The van der Waals surface area contributed by atoms with Gasteiger partial charge in [-0.25, -0.2) is 9.59 Å². The van der Waals surface area contributed by atoms with E-state index >= 15 is 0 Å². The van der Waals surface area contributed by atoms with Crippen molar-refractivity contribution < 1.29 is 24.9 Å². The fourth-order valence-electron chi connectivity index (χ4n) is 0.489. The molecule has 0 aromatic carbocycles. The van der Waals surface area contributed by atoms with Crippen LogP contribution in [0, 0.1) is 0 Å². The Kier molecular flexibility index (Phi) is 5.65. The van der Waals surface area contributed by atoms with Gasteiger partial charge in [-0.15, -0.1) is 0 Å². The normalized spacial score (nSPS) is 10.8. The van der Waals surface area contributed by atoms with E-state index in [1.54, 1.807) is 6.07 Å². The molecular formula is C9H11NO5. The summed E-state index contributed by atoms with van der Waals surface area (Å²) in [4.78, 5) is 23.2. The minimum absolute atomic E-state index is 0.220. The molecule has 0 spiro atoms. The molecule has 0 aliphatic carbocycles. The van der Waals surface area contributed by atoms with E-state index in [0.717, 1.165) is 0 Å². The first kappa shape index (κ1) is 13.1. The van der Waals surface area contributed by atoms with Crippen LogP contribution in [0.2, 0.25) is 0 Å². The molecule has 15 heavy (non-hydrogen) atoms. The molecule has 1 heterocycles. The number of hydrogen-bond acceptors (Lipinski definition) is 4. The van der Waals surface area contributed by atoms with Crippen LogP contribution in [0.5, 0.6) is 0 Å². The molecule has 0 aliphatic heterocycles. The first-order chi connectivity index (χ1) is 6.95. The predicted octanol–water partition coefficient (Wildman–Crippen LogP) is 0.232. The summed E-state index contributed by atoms with van der Waals surface area (Å²) in [7, 11) is 0. The van der Waals surface area contributed by atoms with E-state index in [1.807, 2.05) is 0 Å². The third kappa shape index (κ3) is 6.17. The second-order valence-electron chi connectivity index (χ2n) is 2.56. The number of carbonyl (C=O) groups is 2. The summed E-state index contributed by atoms with van der Waals surface area (Å²) in [5.74, 6) is -2.13. The summed E-state index contributed by atoms with van der Waals surface area (Å²) in [6.07, 6.45) is 1.61. The summed E-state index contributed by atoms with van der Waals surface area (Å²) in [6, 6.07) is 3.08. The number of carboxylic acid groups (broad SMARTS) is 2. The Labute approximate surface area is 85.8 Å². The maximum Gasteiger partial charge on any atom is 0.337 e. The monoisotopic (exact) mass is 213 g/mol. The zero-order valence-electron chi connectivity index (χ0n) is 7.99. The van der Waals surface area contributed by atoms with Crippen LogP contribution in [0.4, 0.5) is 0 Å². The number of aromatic carboxylic acids is 1. The van der Waals surface area contributed by atoms with Crippen molar-refractivity contribution in [1.82, 2.24) is 4.98 Å². The van der Waals surface area contributed by atoms with Gasteiger partial charge in [-0.3, -0.25) is 4.98 Å². The zero-order chi connectivity index (χ0) is 11.8. The zero-order valence-corrected chi connectivity index (χ0v) is 7.99. The van der Waals surface area contributed by atoms with E-state index in [9.17, 15) is 9.59 Å². The average Bonchev–Trinajstić information content (AvgIpc) is 2.20. The van der Waals surface area contributed by atoms with E-state index in [4.69, 9.17) is 15.3 Å². The first-order valence-corrected chi connectivity index (χ1v) is 3.99. The van der Waals surface area contributed by atoms with E-state index in [-0.39, 0.29) is 5.56 Å². The van der Waals surface area contributed by atoms with Crippen LogP contribution in [0.1, 0.15) is 17.3 Å². The molecule has 0 bridgehead atoms. The maximum absolute atomic E-state index is 10.2. The maximum atomic E-state index is 10.2. The van der Waals surface area contributed by atoms with Crippen LogP contribution in [0.25, 0.3) is 0 Å². The van der Waals surface area contributed by atoms with E-state index in [0.29, 0.717) is 0 Å². The minimum atomic E-state index is -1.23. The fraction of sp³-hybridized carbons (Fsp3) is 0.222. The Morgan fingerprint density at radius 2 is 1.93 bits per heavy atom. The second-order valence-corrected chi connectivity index (χ2v) is 2.56. The van der Waals surface area contributed by atoms with Gasteiger partial charge in [-0.1, -0.05) is 0 Å². The molecule has 1 rings (SSSR count). The van der Waals surface area contributed by atoms with Gasteiger partial charge in [0.05, 0.1) is 5.56 Å². The molecule has 0 amide bonds.